The Morgan fingerprint density at radius 2 is 2.18 bits per heavy atom. The van der Waals surface area contributed by atoms with Crippen molar-refractivity contribution in [3.8, 4) is 0 Å². The Balaban J connectivity index is 1.48. The maximum atomic E-state index is 11.9. The lowest BCUT2D eigenvalue weighted by Gasteiger charge is -2.33. The van der Waals surface area contributed by atoms with E-state index in [2.05, 4.69) is 41.4 Å². The number of carbonyl (C=O) groups is 1. The summed E-state index contributed by atoms with van der Waals surface area (Å²) in [5.74, 6) is -0.602. The van der Waals surface area contributed by atoms with Crippen molar-refractivity contribution in [1.29, 1.82) is 0 Å². The largest absolute Gasteiger partial charge is 0.354 e. The second kappa shape index (κ2) is 6.04. The lowest BCUT2D eigenvalue weighted by Crippen LogP contribution is -2.44. The molecular formula is C16H21N3O3. The van der Waals surface area contributed by atoms with Crippen LogP contribution < -0.4 is 5.32 Å². The SMILES string of the molecule is C[C@H](CNC(=O)[C@@H]1C[C@@H]1[N+](=O)[O-])N1CCc2ccccc2C1. The normalized spacial score (nSPS) is 25.1. The standard InChI is InChI=1S/C16H21N3O3/c1-11(9-17-16(20)14-8-15(14)19(21)22)18-7-6-12-4-2-3-5-13(12)10-18/h2-5,11,14-15H,6-10H2,1H3,(H,17,20)/t11-,14-,15+/m1/s1. The van der Waals surface area contributed by atoms with Gasteiger partial charge in [0.25, 0.3) is 0 Å². The number of benzene rings is 1. The average Bonchev–Trinajstić information content (AvgIpc) is 3.32. The predicted octanol–water partition coefficient (Wildman–Crippen LogP) is 1.21. The second-order valence-corrected chi connectivity index (χ2v) is 6.28. The molecule has 3 rings (SSSR count). The number of nitrogens with zero attached hydrogens (tertiary/aromatic N) is 2. The minimum absolute atomic E-state index is 0.175. The maximum Gasteiger partial charge on any atom is 0.230 e. The summed E-state index contributed by atoms with van der Waals surface area (Å²) in [7, 11) is 0. The third-order valence-corrected chi connectivity index (χ3v) is 4.72. The van der Waals surface area contributed by atoms with Crippen molar-refractivity contribution < 1.29 is 9.72 Å². The van der Waals surface area contributed by atoms with E-state index < -0.39 is 12.0 Å². The van der Waals surface area contributed by atoms with E-state index in [1.54, 1.807) is 0 Å². The van der Waals surface area contributed by atoms with Crippen LogP contribution in [0, 0.1) is 16.0 Å². The number of fused-ring (bicyclic) bond motifs is 1. The Morgan fingerprint density at radius 3 is 2.86 bits per heavy atom. The van der Waals surface area contributed by atoms with Gasteiger partial charge in [-0.25, -0.2) is 0 Å². The van der Waals surface area contributed by atoms with E-state index in [-0.39, 0.29) is 16.9 Å². The van der Waals surface area contributed by atoms with Crippen LogP contribution in [0.4, 0.5) is 0 Å². The molecule has 0 unspecified atom stereocenters. The number of carbonyl (C=O) groups excluding carboxylic acids is 1. The molecule has 1 aliphatic heterocycles. The molecule has 0 spiro atoms. The van der Waals surface area contributed by atoms with E-state index in [1.165, 1.54) is 11.1 Å². The summed E-state index contributed by atoms with van der Waals surface area (Å²) in [5.41, 5.74) is 2.75. The van der Waals surface area contributed by atoms with Gasteiger partial charge < -0.3 is 5.32 Å². The molecule has 22 heavy (non-hydrogen) atoms. The molecule has 0 radical (unpaired) electrons. The van der Waals surface area contributed by atoms with Crippen molar-refractivity contribution in [2.75, 3.05) is 13.1 Å². The Bertz CT molecular complexity index is 590. The van der Waals surface area contributed by atoms with Crippen LogP contribution in [0.25, 0.3) is 0 Å². The summed E-state index contributed by atoms with van der Waals surface area (Å²) in [4.78, 5) is 24.5. The lowest BCUT2D eigenvalue weighted by atomic mass is 9.99. The first-order valence-corrected chi connectivity index (χ1v) is 7.78. The van der Waals surface area contributed by atoms with E-state index in [0.717, 1.165) is 19.5 Å². The summed E-state index contributed by atoms with van der Waals surface area (Å²) in [6, 6.07) is 8.00. The van der Waals surface area contributed by atoms with Gasteiger partial charge in [-0.15, -0.1) is 0 Å². The second-order valence-electron chi connectivity index (χ2n) is 6.28. The molecule has 2 aliphatic rings. The molecule has 118 valence electrons. The fourth-order valence-corrected chi connectivity index (χ4v) is 3.10. The van der Waals surface area contributed by atoms with E-state index in [9.17, 15) is 14.9 Å². The zero-order valence-electron chi connectivity index (χ0n) is 12.7. The van der Waals surface area contributed by atoms with Crippen LogP contribution in [-0.2, 0) is 17.8 Å². The molecule has 1 saturated carbocycles. The Morgan fingerprint density at radius 1 is 1.45 bits per heavy atom. The van der Waals surface area contributed by atoms with Crippen LogP contribution in [0.1, 0.15) is 24.5 Å². The quantitative estimate of drug-likeness (QED) is 0.655. The van der Waals surface area contributed by atoms with Crippen LogP contribution >= 0.6 is 0 Å². The monoisotopic (exact) mass is 303 g/mol. The van der Waals surface area contributed by atoms with Crippen molar-refractivity contribution in [3.05, 3.63) is 45.5 Å². The van der Waals surface area contributed by atoms with Crippen molar-refractivity contribution >= 4 is 5.91 Å². The van der Waals surface area contributed by atoms with E-state index in [0.29, 0.717) is 13.0 Å². The molecule has 0 bridgehead atoms. The predicted molar refractivity (Wildman–Crippen MR) is 81.9 cm³/mol. The van der Waals surface area contributed by atoms with Crippen LogP contribution in [0.3, 0.4) is 0 Å². The van der Waals surface area contributed by atoms with Crippen LogP contribution in [0.2, 0.25) is 0 Å². The minimum atomic E-state index is -0.669. The van der Waals surface area contributed by atoms with Gasteiger partial charge in [-0.3, -0.25) is 19.8 Å². The van der Waals surface area contributed by atoms with Crippen molar-refractivity contribution in [3.63, 3.8) is 0 Å². The zero-order chi connectivity index (χ0) is 15.7. The molecule has 1 amide bonds. The van der Waals surface area contributed by atoms with E-state index >= 15 is 0 Å². The van der Waals surface area contributed by atoms with E-state index in [4.69, 9.17) is 0 Å². The lowest BCUT2D eigenvalue weighted by molar-refractivity contribution is -0.497. The molecule has 1 fully saturated rings. The molecule has 0 aromatic heterocycles. The molecule has 3 atom stereocenters. The van der Waals surface area contributed by atoms with Crippen molar-refractivity contribution in [1.82, 2.24) is 10.2 Å². The topological polar surface area (TPSA) is 75.5 Å². The molecule has 1 aromatic rings. The number of nitro groups is 1. The molecule has 1 N–H and O–H groups in total. The Hall–Kier alpha value is -1.95. The molecule has 0 saturated heterocycles. The van der Waals surface area contributed by atoms with E-state index in [1.807, 2.05) is 0 Å². The Kier molecular flexibility index (Phi) is 4.11. The zero-order valence-corrected chi connectivity index (χ0v) is 12.7. The number of hydrogen-bond acceptors (Lipinski definition) is 4. The number of rotatable bonds is 5. The molecule has 1 aromatic carbocycles. The summed E-state index contributed by atoms with van der Waals surface area (Å²) in [5, 5.41) is 13.5. The average molecular weight is 303 g/mol. The van der Waals surface area contributed by atoms with Gasteiger partial charge in [0, 0.05) is 37.0 Å². The first kappa shape index (κ1) is 15.0. The van der Waals surface area contributed by atoms with Crippen molar-refractivity contribution in [2.45, 2.75) is 38.4 Å². The van der Waals surface area contributed by atoms with Gasteiger partial charge in [-0.1, -0.05) is 24.3 Å². The third kappa shape index (κ3) is 3.11. The number of hydrogen-bond donors (Lipinski definition) is 1. The summed E-state index contributed by atoms with van der Waals surface area (Å²) < 4.78 is 0. The molecule has 1 aliphatic carbocycles. The first-order chi connectivity index (χ1) is 10.6. The van der Waals surface area contributed by atoms with Crippen LogP contribution in [-0.4, -0.2) is 40.9 Å². The minimum Gasteiger partial charge on any atom is -0.354 e. The summed E-state index contributed by atoms with van der Waals surface area (Å²) in [6.45, 7) is 4.51. The van der Waals surface area contributed by atoms with Crippen LogP contribution in [0.15, 0.2) is 24.3 Å². The number of nitrogens with one attached hydrogen (secondary N) is 1. The van der Waals surface area contributed by atoms with Gasteiger partial charge in [-0.05, 0) is 24.5 Å². The van der Waals surface area contributed by atoms with Gasteiger partial charge in [-0.2, -0.15) is 0 Å². The van der Waals surface area contributed by atoms with Gasteiger partial charge in [0.1, 0.15) is 5.92 Å². The van der Waals surface area contributed by atoms with Crippen LogP contribution in [0.5, 0.6) is 0 Å². The fourth-order valence-electron chi connectivity index (χ4n) is 3.10. The van der Waals surface area contributed by atoms with Gasteiger partial charge in [0.2, 0.25) is 11.9 Å². The first-order valence-electron chi connectivity index (χ1n) is 7.78. The molecular weight excluding hydrogens is 282 g/mol. The van der Waals surface area contributed by atoms with Crippen molar-refractivity contribution in [2.24, 2.45) is 5.92 Å². The summed E-state index contributed by atoms with van der Waals surface area (Å²) >= 11 is 0. The molecule has 1 heterocycles. The smallest absolute Gasteiger partial charge is 0.230 e. The van der Waals surface area contributed by atoms with Gasteiger partial charge in [0.15, 0.2) is 0 Å². The number of amides is 1. The highest BCUT2D eigenvalue weighted by molar-refractivity contribution is 5.81. The molecule has 6 nitrogen and oxygen atoms in total. The fraction of sp³-hybridized carbons (Fsp3) is 0.562. The van der Waals surface area contributed by atoms with Gasteiger partial charge in [0.05, 0.1) is 0 Å². The highest BCUT2D eigenvalue weighted by Gasteiger charge is 2.53. The third-order valence-electron chi connectivity index (χ3n) is 4.72. The highest BCUT2D eigenvalue weighted by Crippen LogP contribution is 2.33. The highest BCUT2D eigenvalue weighted by atomic mass is 16.6. The summed E-state index contributed by atoms with van der Waals surface area (Å²) in [6.07, 6.45) is 1.41. The van der Waals surface area contributed by atoms with Gasteiger partial charge >= 0.3 is 0 Å². The maximum absolute atomic E-state index is 11.9. The molecule has 6 heteroatoms. The Labute approximate surface area is 129 Å².